The third-order valence-corrected chi connectivity index (χ3v) is 3.21. The Kier molecular flexibility index (Phi) is 6.01. The Morgan fingerprint density at radius 3 is 2.38 bits per heavy atom. The maximum atomic E-state index is 11.4. The van der Waals surface area contributed by atoms with Crippen LogP contribution in [0.5, 0.6) is 11.5 Å². The summed E-state index contributed by atoms with van der Waals surface area (Å²) in [5.41, 5.74) is 0.110. The predicted molar refractivity (Wildman–Crippen MR) is 88.9 cm³/mol. The van der Waals surface area contributed by atoms with E-state index in [0.29, 0.717) is 30.3 Å². The highest BCUT2D eigenvalue weighted by molar-refractivity contribution is 5.93. The fourth-order valence-electron chi connectivity index (χ4n) is 2.15. The van der Waals surface area contributed by atoms with Crippen LogP contribution in [-0.2, 0) is 0 Å². The number of hydrogen-bond acceptors (Lipinski definition) is 5. The number of hydrogen-bond donors (Lipinski definition) is 1. The molecule has 1 aromatic heterocycles. The minimum atomic E-state index is -1.31. The third-order valence-electron chi connectivity index (χ3n) is 3.21. The van der Waals surface area contributed by atoms with Gasteiger partial charge in [-0.05, 0) is 31.0 Å². The number of carbonyl (C=O) groups is 1. The number of aromatic carboxylic acids is 1. The molecule has 0 radical (unpaired) electrons. The molecule has 6 heteroatoms. The summed E-state index contributed by atoms with van der Waals surface area (Å²) in [5, 5.41) is 9.29. The molecule has 0 unspecified atom stereocenters. The first kappa shape index (κ1) is 17.6. The molecular weight excluding hydrogens is 312 g/mol. The average molecular weight is 332 g/mol. The summed E-state index contributed by atoms with van der Waals surface area (Å²) in [4.78, 5) is 22.7. The molecule has 2 aromatic rings. The Morgan fingerprint density at radius 2 is 1.71 bits per heavy atom. The monoisotopic (exact) mass is 332 g/mol. The zero-order chi connectivity index (χ0) is 17.5. The van der Waals surface area contributed by atoms with E-state index in [9.17, 15) is 14.7 Å². The Labute approximate surface area is 139 Å². The van der Waals surface area contributed by atoms with Gasteiger partial charge in [0, 0.05) is 23.3 Å². The molecular formula is C18H20O6. The highest BCUT2D eigenvalue weighted by Crippen LogP contribution is 2.35. The van der Waals surface area contributed by atoms with Crippen molar-refractivity contribution in [2.24, 2.45) is 0 Å². The topological polar surface area (TPSA) is 86.0 Å². The van der Waals surface area contributed by atoms with Gasteiger partial charge in [-0.3, -0.25) is 0 Å². The van der Waals surface area contributed by atoms with Crippen LogP contribution in [0, 0.1) is 0 Å². The first-order valence-corrected chi connectivity index (χ1v) is 7.84. The van der Waals surface area contributed by atoms with E-state index in [4.69, 9.17) is 13.9 Å². The van der Waals surface area contributed by atoms with Crippen LogP contribution >= 0.6 is 0 Å². The van der Waals surface area contributed by atoms with Crippen molar-refractivity contribution >= 4 is 5.97 Å². The van der Waals surface area contributed by atoms with E-state index in [-0.39, 0.29) is 5.56 Å². The van der Waals surface area contributed by atoms with Crippen LogP contribution in [0.15, 0.2) is 39.5 Å². The van der Waals surface area contributed by atoms with Crippen molar-refractivity contribution in [2.45, 2.75) is 26.7 Å². The van der Waals surface area contributed by atoms with Crippen LogP contribution in [0.4, 0.5) is 0 Å². The number of carboxylic acid groups (broad SMARTS) is 1. The van der Waals surface area contributed by atoms with Crippen molar-refractivity contribution < 1.29 is 23.8 Å². The van der Waals surface area contributed by atoms with Gasteiger partial charge in [-0.2, -0.15) is 0 Å². The van der Waals surface area contributed by atoms with Crippen molar-refractivity contribution in [2.75, 3.05) is 13.2 Å². The number of rotatable bonds is 8. The molecule has 24 heavy (non-hydrogen) atoms. The van der Waals surface area contributed by atoms with Gasteiger partial charge in [0.15, 0.2) is 0 Å². The SMILES string of the molecule is CCCOc1ccc(-c2ccc(=O)oc2C(=O)O)c(OCCC)c1. The molecule has 0 aliphatic rings. The lowest BCUT2D eigenvalue weighted by Gasteiger charge is -2.14. The zero-order valence-electron chi connectivity index (χ0n) is 13.7. The number of ether oxygens (including phenoxy) is 2. The van der Waals surface area contributed by atoms with E-state index in [0.717, 1.165) is 12.8 Å². The highest BCUT2D eigenvalue weighted by atomic mass is 16.5. The summed E-state index contributed by atoms with van der Waals surface area (Å²) in [6, 6.07) is 7.78. The van der Waals surface area contributed by atoms with E-state index >= 15 is 0 Å². The molecule has 1 N–H and O–H groups in total. The number of carboxylic acids is 1. The van der Waals surface area contributed by atoms with Crippen LogP contribution in [0.25, 0.3) is 11.1 Å². The molecule has 0 fully saturated rings. The molecule has 0 amide bonds. The van der Waals surface area contributed by atoms with Crippen LogP contribution in [0.3, 0.4) is 0 Å². The van der Waals surface area contributed by atoms with Crippen molar-refractivity contribution in [3.8, 4) is 22.6 Å². The molecule has 0 saturated carbocycles. The summed E-state index contributed by atoms with van der Waals surface area (Å²) in [6.07, 6.45) is 1.68. The Hall–Kier alpha value is -2.76. The quantitative estimate of drug-likeness (QED) is 0.795. The molecule has 128 valence electrons. The predicted octanol–water partition coefficient (Wildman–Crippen LogP) is 3.58. The zero-order valence-corrected chi connectivity index (χ0v) is 13.7. The minimum Gasteiger partial charge on any atom is -0.493 e. The standard InChI is InChI=1S/C18H20O6/c1-3-9-22-12-5-6-13(15(11-12)23-10-4-2)14-7-8-16(19)24-17(14)18(20)21/h5-8,11H,3-4,9-10H2,1-2H3,(H,20,21). The number of benzene rings is 1. The van der Waals surface area contributed by atoms with Crippen LogP contribution < -0.4 is 15.1 Å². The van der Waals surface area contributed by atoms with Crippen molar-refractivity contribution in [1.82, 2.24) is 0 Å². The van der Waals surface area contributed by atoms with Gasteiger partial charge in [0.2, 0.25) is 5.76 Å². The van der Waals surface area contributed by atoms with Gasteiger partial charge >= 0.3 is 11.6 Å². The maximum Gasteiger partial charge on any atom is 0.372 e. The first-order chi connectivity index (χ1) is 11.6. The normalized spacial score (nSPS) is 10.4. The Balaban J connectivity index is 2.52. The molecule has 1 aromatic carbocycles. The highest BCUT2D eigenvalue weighted by Gasteiger charge is 2.19. The van der Waals surface area contributed by atoms with Gasteiger partial charge in [0.05, 0.1) is 13.2 Å². The summed E-state index contributed by atoms with van der Waals surface area (Å²) >= 11 is 0. The van der Waals surface area contributed by atoms with Crippen molar-refractivity contribution in [1.29, 1.82) is 0 Å². The van der Waals surface area contributed by atoms with Gasteiger partial charge in [-0.1, -0.05) is 13.8 Å². The van der Waals surface area contributed by atoms with Crippen molar-refractivity contribution in [3.63, 3.8) is 0 Å². The lowest BCUT2D eigenvalue weighted by molar-refractivity contribution is 0.0658. The lowest BCUT2D eigenvalue weighted by atomic mass is 10.0. The van der Waals surface area contributed by atoms with Gasteiger partial charge in [-0.15, -0.1) is 0 Å². The van der Waals surface area contributed by atoms with Crippen LogP contribution in [0.2, 0.25) is 0 Å². The van der Waals surface area contributed by atoms with Gasteiger partial charge in [0.1, 0.15) is 11.5 Å². The molecule has 0 atom stereocenters. The molecule has 0 aliphatic heterocycles. The largest absolute Gasteiger partial charge is 0.493 e. The van der Waals surface area contributed by atoms with E-state index in [1.54, 1.807) is 18.2 Å². The maximum absolute atomic E-state index is 11.4. The average Bonchev–Trinajstić information content (AvgIpc) is 2.58. The molecule has 0 spiro atoms. The molecule has 0 aliphatic carbocycles. The second-order valence-corrected chi connectivity index (χ2v) is 5.16. The summed E-state index contributed by atoms with van der Waals surface area (Å²) < 4.78 is 16.2. The minimum absolute atomic E-state index is 0.287. The molecule has 1 heterocycles. The van der Waals surface area contributed by atoms with E-state index in [1.807, 2.05) is 13.8 Å². The van der Waals surface area contributed by atoms with Gasteiger partial charge in [-0.25, -0.2) is 9.59 Å². The second kappa shape index (κ2) is 8.19. The Bertz CT molecular complexity index is 762. The molecule has 6 nitrogen and oxygen atoms in total. The van der Waals surface area contributed by atoms with Gasteiger partial charge in [0.25, 0.3) is 0 Å². The fourth-order valence-corrected chi connectivity index (χ4v) is 2.15. The lowest BCUT2D eigenvalue weighted by Crippen LogP contribution is -2.07. The summed E-state index contributed by atoms with van der Waals surface area (Å²) in [7, 11) is 0. The van der Waals surface area contributed by atoms with E-state index < -0.39 is 17.4 Å². The van der Waals surface area contributed by atoms with Crippen molar-refractivity contribution in [3.05, 3.63) is 46.5 Å². The second-order valence-electron chi connectivity index (χ2n) is 5.16. The van der Waals surface area contributed by atoms with E-state index in [2.05, 4.69) is 0 Å². The van der Waals surface area contributed by atoms with Crippen LogP contribution in [-0.4, -0.2) is 24.3 Å². The summed E-state index contributed by atoms with van der Waals surface area (Å²) in [5.74, 6) is -0.593. The molecule has 2 rings (SSSR count). The fraction of sp³-hybridized carbons (Fsp3) is 0.333. The van der Waals surface area contributed by atoms with Crippen LogP contribution in [0.1, 0.15) is 37.2 Å². The smallest absolute Gasteiger partial charge is 0.372 e. The molecule has 0 saturated heterocycles. The van der Waals surface area contributed by atoms with Gasteiger partial charge < -0.3 is 19.0 Å². The Morgan fingerprint density at radius 1 is 1.04 bits per heavy atom. The molecule has 0 bridgehead atoms. The summed E-state index contributed by atoms with van der Waals surface area (Å²) in [6.45, 7) is 5.03. The van der Waals surface area contributed by atoms with E-state index in [1.165, 1.54) is 12.1 Å². The first-order valence-electron chi connectivity index (χ1n) is 7.84. The third kappa shape index (κ3) is 4.16.